The quantitative estimate of drug-likeness (QED) is 0.643. The first-order valence-electron chi connectivity index (χ1n) is 3.93. The molecule has 0 fully saturated rings. The van der Waals surface area contributed by atoms with Gasteiger partial charge in [0.2, 0.25) is 5.82 Å². The molecule has 1 atom stereocenters. The molecule has 0 amide bonds. The smallest absolute Gasteiger partial charge is 0.208 e. The molecule has 0 aliphatic heterocycles. The average molecular weight is 200 g/mol. The Morgan fingerprint density at radius 2 is 2.54 bits per heavy atom. The average Bonchev–Trinajstić information content (AvgIpc) is 2.52. The predicted octanol–water partition coefficient (Wildman–Crippen LogP) is -0.459. The zero-order valence-electron chi connectivity index (χ0n) is 7.34. The van der Waals surface area contributed by atoms with Crippen LogP contribution in [0.1, 0.15) is 12.7 Å². The number of aromatic nitrogens is 3. The molecule has 1 rings (SSSR count). The van der Waals surface area contributed by atoms with Crippen molar-refractivity contribution >= 4 is 17.2 Å². The van der Waals surface area contributed by atoms with Crippen molar-refractivity contribution in [2.75, 3.05) is 6.61 Å². The van der Waals surface area contributed by atoms with Crippen LogP contribution in [0.5, 0.6) is 0 Å². The molecule has 0 aliphatic rings. The minimum absolute atomic E-state index is 0.127. The van der Waals surface area contributed by atoms with Gasteiger partial charge >= 0.3 is 0 Å². The highest BCUT2D eigenvalue weighted by Crippen LogP contribution is 1.98. The van der Waals surface area contributed by atoms with Crippen molar-refractivity contribution in [3.63, 3.8) is 0 Å². The van der Waals surface area contributed by atoms with E-state index in [0.29, 0.717) is 12.4 Å². The van der Waals surface area contributed by atoms with Gasteiger partial charge in [0.15, 0.2) is 0 Å². The molecule has 0 saturated heterocycles. The lowest BCUT2D eigenvalue weighted by molar-refractivity contribution is 0.219. The van der Waals surface area contributed by atoms with Gasteiger partial charge < -0.3 is 10.8 Å². The van der Waals surface area contributed by atoms with E-state index in [1.54, 1.807) is 11.0 Å². The van der Waals surface area contributed by atoms with Gasteiger partial charge in [-0.1, -0.05) is 19.1 Å². The van der Waals surface area contributed by atoms with E-state index in [9.17, 15) is 0 Å². The van der Waals surface area contributed by atoms with Crippen LogP contribution in [0.3, 0.4) is 0 Å². The molecule has 1 aromatic heterocycles. The summed E-state index contributed by atoms with van der Waals surface area (Å²) >= 11 is 4.71. The van der Waals surface area contributed by atoms with Crippen LogP contribution in [0, 0.1) is 5.92 Å². The number of aliphatic hydroxyl groups excluding tert-OH is 1. The van der Waals surface area contributed by atoms with Gasteiger partial charge in [-0.15, -0.1) is 5.10 Å². The Balaban J connectivity index is 2.64. The summed E-state index contributed by atoms with van der Waals surface area (Å²) in [6, 6.07) is 0. The van der Waals surface area contributed by atoms with E-state index in [1.165, 1.54) is 0 Å². The zero-order valence-corrected chi connectivity index (χ0v) is 8.16. The van der Waals surface area contributed by atoms with Gasteiger partial charge in [0.1, 0.15) is 11.3 Å². The van der Waals surface area contributed by atoms with E-state index in [0.717, 1.165) is 0 Å². The number of thiocarbonyl (C=S) groups is 1. The first kappa shape index (κ1) is 10.1. The number of aliphatic hydroxyl groups is 1. The molecule has 0 aromatic carbocycles. The molecule has 0 bridgehead atoms. The fourth-order valence-corrected chi connectivity index (χ4v) is 0.966. The van der Waals surface area contributed by atoms with Crippen LogP contribution in [-0.4, -0.2) is 31.5 Å². The van der Waals surface area contributed by atoms with Gasteiger partial charge in [-0.05, 0) is 5.92 Å². The number of hydrogen-bond acceptors (Lipinski definition) is 4. The zero-order chi connectivity index (χ0) is 9.84. The van der Waals surface area contributed by atoms with Crippen molar-refractivity contribution < 1.29 is 5.11 Å². The van der Waals surface area contributed by atoms with Crippen LogP contribution in [-0.2, 0) is 6.54 Å². The highest BCUT2D eigenvalue weighted by Gasteiger charge is 2.05. The van der Waals surface area contributed by atoms with Gasteiger partial charge in [0.05, 0.1) is 0 Å². The summed E-state index contributed by atoms with van der Waals surface area (Å²) in [5, 5.41) is 12.8. The summed E-state index contributed by atoms with van der Waals surface area (Å²) in [5.74, 6) is 0.529. The number of rotatable bonds is 4. The molecule has 13 heavy (non-hydrogen) atoms. The maximum Gasteiger partial charge on any atom is 0.208 e. The Hall–Kier alpha value is -1.01. The molecule has 1 aromatic rings. The van der Waals surface area contributed by atoms with Gasteiger partial charge in [-0.2, -0.15) is 0 Å². The SMILES string of the molecule is CC(CO)Cn1cnc(C(N)=S)n1. The third-order valence-corrected chi connectivity index (χ3v) is 1.75. The van der Waals surface area contributed by atoms with E-state index in [2.05, 4.69) is 10.1 Å². The molecular weight excluding hydrogens is 188 g/mol. The second kappa shape index (κ2) is 4.29. The first-order valence-corrected chi connectivity index (χ1v) is 4.34. The molecule has 3 N–H and O–H groups in total. The highest BCUT2D eigenvalue weighted by atomic mass is 32.1. The van der Waals surface area contributed by atoms with Crippen LogP contribution in [0.25, 0.3) is 0 Å². The fourth-order valence-electron chi connectivity index (χ4n) is 0.873. The second-order valence-electron chi connectivity index (χ2n) is 2.94. The predicted molar refractivity (Wildman–Crippen MR) is 52.2 cm³/mol. The third-order valence-electron chi connectivity index (χ3n) is 1.57. The summed E-state index contributed by atoms with van der Waals surface area (Å²) in [6.07, 6.45) is 1.56. The summed E-state index contributed by atoms with van der Waals surface area (Å²) in [5.41, 5.74) is 5.33. The van der Waals surface area contributed by atoms with Crippen LogP contribution in [0.2, 0.25) is 0 Å². The third kappa shape index (κ3) is 2.74. The normalized spacial score (nSPS) is 12.8. The highest BCUT2D eigenvalue weighted by molar-refractivity contribution is 7.80. The number of nitrogens with zero attached hydrogens (tertiary/aromatic N) is 3. The van der Waals surface area contributed by atoms with Crippen LogP contribution in [0.4, 0.5) is 0 Å². The molecule has 0 aliphatic carbocycles. The van der Waals surface area contributed by atoms with Crippen LogP contribution < -0.4 is 5.73 Å². The molecule has 5 nitrogen and oxygen atoms in total. The van der Waals surface area contributed by atoms with E-state index in [1.807, 2.05) is 6.92 Å². The lowest BCUT2D eigenvalue weighted by Gasteiger charge is -2.05. The minimum Gasteiger partial charge on any atom is -0.396 e. The van der Waals surface area contributed by atoms with Crippen molar-refractivity contribution in [3.8, 4) is 0 Å². The Morgan fingerprint density at radius 1 is 1.85 bits per heavy atom. The second-order valence-corrected chi connectivity index (χ2v) is 3.38. The number of nitrogens with two attached hydrogens (primary N) is 1. The number of hydrogen-bond donors (Lipinski definition) is 2. The van der Waals surface area contributed by atoms with Crippen molar-refractivity contribution in [1.29, 1.82) is 0 Å². The van der Waals surface area contributed by atoms with Crippen LogP contribution >= 0.6 is 12.2 Å². The topological polar surface area (TPSA) is 77.0 Å². The van der Waals surface area contributed by atoms with E-state index >= 15 is 0 Å². The Kier molecular flexibility index (Phi) is 3.32. The molecule has 6 heteroatoms. The molecule has 1 heterocycles. The maximum absolute atomic E-state index is 8.80. The van der Waals surface area contributed by atoms with Crippen molar-refractivity contribution in [2.24, 2.45) is 11.7 Å². The summed E-state index contributed by atoms with van der Waals surface area (Å²) in [6.45, 7) is 2.66. The van der Waals surface area contributed by atoms with E-state index in [4.69, 9.17) is 23.1 Å². The monoisotopic (exact) mass is 200 g/mol. The largest absolute Gasteiger partial charge is 0.396 e. The summed E-state index contributed by atoms with van der Waals surface area (Å²) in [7, 11) is 0. The van der Waals surface area contributed by atoms with Gasteiger partial charge in [-0.25, -0.2) is 4.98 Å². The Bertz CT molecular complexity index is 298. The molecule has 0 spiro atoms. The molecule has 0 radical (unpaired) electrons. The van der Waals surface area contributed by atoms with Crippen molar-refractivity contribution in [3.05, 3.63) is 12.2 Å². The van der Waals surface area contributed by atoms with E-state index < -0.39 is 0 Å². The Morgan fingerprint density at radius 3 is 3.00 bits per heavy atom. The molecule has 1 unspecified atom stereocenters. The summed E-state index contributed by atoms with van der Waals surface area (Å²) in [4.78, 5) is 4.10. The first-order chi connectivity index (χ1) is 6.13. The summed E-state index contributed by atoms with van der Waals surface area (Å²) < 4.78 is 1.62. The van der Waals surface area contributed by atoms with Crippen molar-refractivity contribution in [2.45, 2.75) is 13.5 Å². The standard InChI is InChI=1S/C7H12N4OS/c1-5(3-12)2-11-4-9-7(10-11)6(8)13/h4-5,12H,2-3H2,1H3,(H2,8,13). The fraction of sp³-hybridized carbons (Fsp3) is 0.571. The van der Waals surface area contributed by atoms with Gasteiger partial charge in [-0.3, -0.25) is 4.68 Å². The molecule has 72 valence electrons. The molecule has 0 saturated carbocycles. The van der Waals surface area contributed by atoms with Gasteiger partial charge in [0, 0.05) is 13.2 Å². The lowest BCUT2D eigenvalue weighted by Crippen LogP contribution is -2.14. The molecular formula is C7H12N4OS. The van der Waals surface area contributed by atoms with E-state index in [-0.39, 0.29) is 17.5 Å². The lowest BCUT2D eigenvalue weighted by atomic mass is 10.2. The minimum atomic E-state index is 0.127. The Labute approximate surface area is 81.6 Å². The van der Waals surface area contributed by atoms with Crippen LogP contribution in [0.15, 0.2) is 6.33 Å². The van der Waals surface area contributed by atoms with Crippen molar-refractivity contribution in [1.82, 2.24) is 14.8 Å². The van der Waals surface area contributed by atoms with Gasteiger partial charge in [0.25, 0.3) is 0 Å². The maximum atomic E-state index is 8.80.